The lowest BCUT2D eigenvalue weighted by Crippen LogP contribution is -2.27. The van der Waals surface area contributed by atoms with Gasteiger partial charge in [-0.05, 0) is 30.7 Å². The fourth-order valence-corrected chi connectivity index (χ4v) is 3.31. The van der Waals surface area contributed by atoms with Crippen LogP contribution in [-0.4, -0.2) is 12.3 Å². The monoisotopic (exact) mass is 225 g/mol. The molecule has 1 aromatic carbocycles. The van der Waals surface area contributed by atoms with Crippen molar-refractivity contribution >= 4 is 11.8 Å². The topological polar surface area (TPSA) is 12.0 Å². The predicted octanol–water partition coefficient (Wildman–Crippen LogP) is 3.03. The first-order valence-corrected chi connectivity index (χ1v) is 6.48. The summed E-state index contributed by atoms with van der Waals surface area (Å²) in [6, 6.07) is 3.65. The molecule has 1 aliphatic rings. The Morgan fingerprint density at radius 3 is 3.07 bits per heavy atom. The zero-order chi connectivity index (χ0) is 10.8. The molecule has 0 radical (unpaired) electrons. The number of nitrogens with one attached hydrogen (secondary N) is 1. The van der Waals surface area contributed by atoms with Gasteiger partial charge in [0.2, 0.25) is 0 Å². The van der Waals surface area contributed by atoms with Crippen molar-refractivity contribution in [2.45, 2.75) is 25.6 Å². The van der Waals surface area contributed by atoms with Crippen LogP contribution in [0.4, 0.5) is 4.39 Å². The minimum Gasteiger partial charge on any atom is -0.309 e. The normalized spacial score (nSPS) is 20.1. The van der Waals surface area contributed by atoms with Gasteiger partial charge in [-0.25, -0.2) is 4.39 Å². The molecule has 1 heterocycles. The first-order chi connectivity index (χ1) is 7.24. The molecule has 1 aliphatic heterocycles. The number of hydrogen-bond donors (Lipinski definition) is 1. The van der Waals surface area contributed by atoms with Gasteiger partial charge in [-0.2, -0.15) is 11.8 Å². The van der Waals surface area contributed by atoms with Crippen LogP contribution in [0.1, 0.15) is 29.7 Å². The Kier molecular flexibility index (Phi) is 3.32. The number of aryl methyl sites for hydroxylation is 1. The molecule has 0 amide bonds. The summed E-state index contributed by atoms with van der Waals surface area (Å²) in [7, 11) is 0. The van der Waals surface area contributed by atoms with Gasteiger partial charge in [0.1, 0.15) is 5.82 Å². The van der Waals surface area contributed by atoms with Crippen LogP contribution in [-0.2, 0) is 5.75 Å². The molecule has 3 heteroatoms. The quantitative estimate of drug-likeness (QED) is 0.830. The third-order valence-corrected chi connectivity index (χ3v) is 3.93. The summed E-state index contributed by atoms with van der Waals surface area (Å²) in [5, 5.41) is 3.35. The minimum atomic E-state index is -0.0538. The van der Waals surface area contributed by atoms with Crippen LogP contribution >= 0.6 is 11.8 Å². The van der Waals surface area contributed by atoms with Crippen molar-refractivity contribution < 1.29 is 4.39 Å². The number of thioether (sulfide) groups is 1. The summed E-state index contributed by atoms with van der Waals surface area (Å²) in [6.45, 7) is 5.01. The third-order valence-electron chi connectivity index (χ3n) is 2.87. The molecule has 2 rings (SSSR count). The molecule has 0 saturated carbocycles. The van der Waals surface area contributed by atoms with E-state index in [0.29, 0.717) is 0 Å². The number of benzene rings is 1. The van der Waals surface area contributed by atoms with Crippen molar-refractivity contribution in [3.05, 3.63) is 34.6 Å². The van der Waals surface area contributed by atoms with Crippen LogP contribution in [0.2, 0.25) is 0 Å². The second-order valence-corrected chi connectivity index (χ2v) is 4.91. The summed E-state index contributed by atoms with van der Waals surface area (Å²) in [6.07, 6.45) is 0. The van der Waals surface area contributed by atoms with E-state index in [9.17, 15) is 4.39 Å². The lowest BCUT2D eigenvalue weighted by atomic mass is 9.97. The maximum atomic E-state index is 13.8. The SMILES string of the molecule is CCNC1CSCc2c(C)ccc(F)c21. The maximum absolute atomic E-state index is 13.8. The van der Waals surface area contributed by atoms with Crippen molar-refractivity contribution in [1.29, 1.82) is 0 Å². The van der Waals surface area contributed by atoms with Gasteiger partial charge in [0, 0.05) is 23.1 Å². The molecule has 0 spiro atoms. The summed E-state index contributed by atoms with van der Waals surface area (Å²) >= 11 is 1.88. The highest BCUT2D eigenvalue weighted by molar-refractivity contribution is 7.98. The van der Waals surface area contributed by atoms with E-state index in [2.05, 4.69) is 19.2 Å². The second kappa shape index (κ2) is 4.54. The Bertz CT molecular complexity index is 365. The zero-order valence-corrected chi connectivity index (χ0v) is 9.96. The molecule has 1 N–H and O–H groups in total. The van der Waals surface area contributed by atoms with Gasteiger partial charge in [0.25, 0.3) is 0 Å². The number of rotatable bonds is 2. The first-order valence-electron chi connectivity index (χ1n) is 5.33. The van der Waals surface area contributed by atoms with Gasteiger partial charge in [-0.3, -0.25) is 0 Å². The second-order valence-electron chi connectivity index (χ2n) is 3.88. The smallest absolute Gasteiger partial charge is 0.128 e. The fraction of sp³-hybridized carbons (Fsp3) is 0.500. The van der Waals surface area contributed by atoms with Gasteiger partial charge in [0.15, 0.2) is 0 Å². The van der Waals surface area contributed by atoms with E-state index in [1.807, 2.05) is 17.8 Å². The molecular weight excluding hydrogens is 209 g/mol. The molecule has 1 nitrogen and oxygen atoms in total. The number of fused-ring (bicyclic) bond motifs is 1. The standard InChI is InChI=1S/C12H16FNS/c1-3-14-11-7-15-6-9-8(2)4-5-10(13)12(9)11/h4-5,11,14H,3,6-7H2,1-2H3. The van der Waals surface area contributed by atoms with Crippen molar-refractivity contribution in [2.75, 3.05) is 12.3 Å². The third kappa shape index (κ3) is 2.04. The summed E-state index contributed by atoms with van der Waals surface area (Å²) in [5.74, 6) is 1.86. The van der Waals surface area contributed by atoms with Crippen LogP contribution in [0.15, 0.2) is 12.1 Å². The van der Waals surface area contributed by atoms with E-state index >= 15 is 0 Å². The van der Waals surface area contributed by atoms with Crippen molar-refractivity contribution in [2.24, 2.45) is 0 Å². The first kappa shape index (κ1) is 11.0. The van der Waals surface area contributed by atoms with E-state index in [-0.39, 0.29) is 11.9 Å². The molecule has 0 bridgehead atoms. The van der Waals surface area contributed by atoms with E-state index in [1.54, 1.807) is 6.07 Å². The molecule has 1 unspecified atom stereocenters. The zero-order valence-electron chi connectivity index (χ0n) is 9.14. The van der Waals surface area contributed by atoms with Gasteiger partial charge >= 0.3 is 0 Å². The molecule has 15 heavy (non-hydrogen) atoms. The molecule has 82 valence electrons. The lowest BCUT2D eigenvalue weighted by molar-refractivity contribution is 0.538. The highest BCUT2D eigenvalue weighted by Crippen LogP contribution is 2.35. The van der Waals surface area contributed by atoms with Crippen molar-refractivity contribution in [3.63, 3.8) is 0 Å². The summed E-state index contributed by atoms with van der Waals surface area (Å²) < 4.78 is 13.8. The highest BCUT2D eigenvalue weighted by Gasteiger charge is 2.24. The van der Waals surface area contributed by atoms with Gasteiger partial charge in [-0.15, -0.1) is 0 Å². The lowest BCUT2D eigenvalue weighted by Gasteiger charge is -2.27. The fourth-order valence-electron chi connectivity index (χ4n) is 2.08. The van der Waals surface area contributed by atoms with E-state index in [4.69, 9.17) is 0 Å². The van der Waals surface area contributed by atoms with E-state index < -0.39 is 0 Å². The molecular formula is C12H16FNS. The van der Waals surface area contributed by atoms with Crippen molar-refractivity contribution in [1.82, 2.24) is 5.32 Å². The Hall–Kier alpha value is -0.540. The largest absolute Gasteiger partial charge is 0.309 e. The molecule has 0 aliphatic carbocycles. The van der Waals surface area contributed by atoms with Crippen LogP contribution in [0.3, 0.4) is 0 Å². The van der Waals surface area contributed by atoms with Crippen LogP contribution in [0.25, 0.3) is 0 Å². The van der Waals surface area contributed by atoms with Crippen LogP contribution in [0.5, 0.6) is 0 Å². The Balaban J connectivity index is 2.45. The van der Waals surface area contributed by atoms with Crippen LogP contribution in [0, 0.1) is 12.7 Å². The molecule has 1 aromatic rings. The predicted molar refractivity (Wildman–Crippen MR) is 63.7 cm³/mol. The summed E-state index contributed by atoms with van der Waals surface area (Å²) in [4.78, 5) is 0. The van der Waals surface area contributed by atoms with Gasteiger partial charge in [-0.1, -0.05) is 13.0 Å². The van der Waals surface area contributed by atoms with Crippen LogP contribution < -0.4 is 5.32 Å². The Morgan fingerprint density at radius 1 is 1.53 bits per heavy atom. The molecule has 1 atom stereocenters. The number of hydrogen-bond acceptors (Lipinski definition) is 2. The van der Waals surface area contributed by atoms with E-state index in [1.165, 1.54) is 11.1 Å². The average molecular weight is 225 g/mol. The molecule has 0 fully saturated rings. The Morgan fingerprint density at radius 2 is 2.33 bits per heavy atom. The minimum absolute atomic E-state index is 0.0538. The summed E-state index contributed by atoms with van der Waals surface area (Å²) in [5.41, 5.74) is 3.30. The highest BCUT2D eigenvalue weighted by atomic mass is 32.2. The van der Waals surface area contributed by atoms with Gasteiger partial charge in [0.05, 0.1) is 0 Å². The van der Waals surface area contributed by atoms with Gasteiger partial charge < -0.3 is 5.32 Å². The number of halogens is 1. The average Bonchev–Trinajstić information content (AvgIpc) is 2.24. The molecule has 0 saturated heterocycles. The molecule has 0 aromatic heterocycles. The van der Waals surface area contributed by atoms with E-state index in [0.717, 1.165) is 23.6 Å². The maximum Gasteiger partial charge on any atom is 0.128 e. The Labute approximate surface area is 94.5 Å². The van der Waals surface area contributed by atoms with Crippen molar-refractivity contribution in [3.8, 4) is 0 Å².